The van der Waals surface area contributed by atoms with E-state index in [-0.39, 0.29) is 11.3 Å². The predicted molar refractivity (Wildman–Crippen MR) is 95.8 cm³/mol. The Balaban J connectivity index is 1.84. The Morgan fingerprint density at radius 3 is 3.00 bits per heavy atom. The summed E-state index contributed by atoms with van der Waals surface area (Å²) in [5.74, 6) is 0.259. The molecular weight excluding hydrogens is 320 g/mol. The Morgan fingerprint density at radius 2 is 2.25 bits per heavy atom. The number of aldehydes is 1. The fraction of sp³-hybridized carbons (Fsp3) is 0.450. The molecule has 24 heavy (non-hydrogen) atoms. The highest BCUT2D eigenvalue weighted by molar-refractivity contribution is 6.17. The zero-order valence-corrected chi connectivity index (χ0v) is 14.6. The first kappa shape index (κ1) is 14.7. The number of anilines is 1. The molecule has 0 aromatic heterocycles. The van der Waals surface area contributed by atoms with Crippen molar-refractivity contribution in [3.05, 3.63) is 52.7 Å². The lowest BCUT2D eigenvalue weighted by Gasteiger charge is -2.52. The molecule has 2 unspecified atom stereocenters. The molecule has 0 radical (unpaired) electrons. The average Bonchev–Trinajstić information content (AvgIpc) is 3.15. The second-order valence-corrected chi connectivity index (χ2v) is 7.97. The molecule has 0 amide bonds. The van der Waals surface area contributed by atoms with Crippen molar-refractivity contribution in [2.75, 3.05) is 24.4 Å². The minimum atomic E-state index is -0.0441. The summed E-state index contributed by atoms with van der Waals surface area (Å²) >= 11 is 6.55. The fourth-order valence-electron chi connectivity index (χ4n) is 6.07. The number of halogens is 1. The zero-order chi connectivity index (χ0) is 16.5. The van der Waals surface area contributed by atoms with Crippen LogP contribution in [0.4, 0.5) is 5.69 Å². The first-order valence-electron chi connectivity index (χ1n) is 8.83. The fourth-order valence-corrected chi connectivity index (χ4v) is 6.44. The van der Waals surface area contributed by atoms with Gasteiger partial charge in [0.05, 0.1) is 12.0 Å². The first-order valence-corrected chi connectivity index (χ1v) is 9.37. The van der Waals surface area contributed by atoms with Gasteiger partial charge >= 0.3 is 0 Å². The van der Waals surface area contributed by atoms with Crippen LogP contribution in [-0.4, -0.2) is 35.9 Å². The van der Waals surface area contributed by atoms with E-state index < -0.39 is 0 Å². The van der Waals surface area contributed by atoms with Gasteiger partial charge in [0.15, 0.2) is 6.00 Å². The zero-order valence-electron chi connectivity index (χ0n) is 13.9. The van der Waals surface area contributed by atoms with Crippen molar-refractivity contribution in [2.24, 2.45) is 5.92 Å². The lowest BCUT2D eigenvalue weighted by molar-refractivity contribution is -0.931. The third-order valence-electron chi connectivity index (χ3n) is 7.10. The van der Waals surface area contributed by atoms with Crippen LogP contribution in [0.1, 0.15) is 25.3 Å². The number of piperidine rings is 1. The predicted octanol–water partition coefficient (Wildman–Crippen LogP) is 3.57. The summed E-state index contributed by atoms with van der Waals surface area (Å²) in [5, 5.41) is 3.64. The van der Waals surface area contributed by atoms with Crippen LogP contribution in [0, 0.1) is 5.92 Å². The van der Waals surface area contributed by atoms with E-state index in [1.54, 1.807) is 0 Å². The van der Waals surface area contributed by atoms with Gasteiger partial charge in [-0.25, -0.2) is 0 Å². The van der Waals surface area contributed by atoms with E-state index in [1.165, 1.54) is 22.5 Å². The summed E-state index contributed by atoms with van der Waals surface area (Å²) in [6.07, 6.45) is 5.44. The maximum Gasteiger partial charge on any atom is 0.155 e. The molecule has 2 fully saturated rings. The van der Waals surface area contributed by atoms with Gasteiger partial charge in [-0.15, -0.1) is 0 Å². The van der Waals surface area contributed by atoms with E-state index in [0.29, 0.717) is 12.0 Å². The summed E-state index contributed by atoms with van der Waals surface area (Å²) < 4.78 is 0.962. The highest BCUT2D eigenvalue weighted by Crippen LogP contribution is 2.63. The number of nitrogens with zero attached hydrogens (tertiary/aromatic N) is 1. The summed E-state index contributed by atoms with van der Waals surface area (Å²) in [4.78, 5) is 12.1. The van der Waals surface area contributed by atoms with Crippen LogP contribution in [-0.2, 0) is 10.2 Å². The standard InChI is InChI=1S/C20H21ClN2O/c1-2-13-10-23(12-21)8-7-20-16-5-3-4-6-17(16)22-19(20)15(11-24)14(13)9-18(20)23/h2-6,11,14,18H,7-10,12H2,1H3/p+1/b13-2+/t14-,18-,20?,23?/m0/s1. The summed E-state index contributed by atoms with van der Waals surface area (Å²) in [6, 6.07) is 9.71. The van der Waals surface area contributed by atoms with Crippen LogP contribution in [0.15, 0.2) is 47.2 Å². The van der Waals surface area contributed by atoms with E-state index in [4.69, 9.17) is 11.6 Å². The molecule has 1 aromatic carbocycles. The number of hydrogen-bond acceptors (Lipinski definition) is 2. The monoisotopic (exact) mass is 341 g/mol. The number of benzene rings is 1. The smallest absolute Gasteiger partial charge is 0.155 e. The van der Waals surface area contributed by atoms with Crippen LogP contribution in [0.5, 0.6) is 0 Å². The first-order chi connectivity index (χ1) is 11.7. The number of carbonyl (C=O) groups is 1. The molecule has 2 saturated heterocycles. The third kappa shape index (κ3) is 1.47. The minimum Gasteiger partial charge on any atom is -0.357 e. The van der Waals surface area contributed by atoms with Gasteiger partial charge in [0.1, 0.15) is 18.9 Å². The van der Waals surface area contributed by atoms with E-state index in [2.05, 4.69) is 42.6 Å². The van der Waals surface area contributed by atoms with Gasteiger partial charge < -0.3 is 9.80 Å². The number of allylic oxidation sites excluding steroid dienone is 2. The highest BCUT2D eigenvalue weighted by atomic mass is 35.5. The molecule has 3 aliphatic heterocycles. The molecule has 1 aliphatic carbocycles. The second-order valence-electron chi connectivity index (χ2n) is 7.73. The van der Waals surface area contributed by atoms with Gasteiger partial charge in [-0.1, -0.05) is 35.9 Å². The summed E-state index contributed by atoms with van der Waals surface area (Å²) in [6.45, 7) is 4.18. The van der Waals surface area contributed by atoms with Crippen molar-refractivity contribution in [3.63, 3.8) is 0 Å². The Bertz CT molecular complexity index is 814. The van der Waals surface area contributed by atoms with Gasteiger partial charge in [-0.3, -0.25) is 4.79 Å². The number of alkyl halides is 1. The van der Waals surface area contributed by atoms with Crippen molar-refractivity contribution in [1.29, 1.82) is 0 Å². The summed E-state index contributed by atoms with van der Waals surface area (Å²) in [7, 11) is 0. The molecule has 5 rings (SSSR count). The molecule has 3 nitrogen and oxygen atoms in total. The van der Waals surface area contributed by atoms with Crippen molar-refractivity contribution in [2.45, 2.75) is 31.2 Å². The molecule has 3 heterocycles. The Hall–Kier alpha value is -1.58. The second kappa shape index (κ2) is 4.74. The highest BCUT2D eigenvalue weighted by Gasteiger charge is 2.68. The van der Waals surface area contributed by atoms with E-state index in [9.17, 15) is 4.79 Å². The Kier molecular flexibility index (Phi) is 2.91. The van der Waals surface area contributed by atoms with E-state index in [0.717, 1.165) is 42.3 Å². The number of carbonyl (C=O) groups excluding carboxylic acids is 1. The normalized spacial score (nSPS) is 40.3. The van der Waals surface area contributed by atoms with E-state index in [1.807, 2.05) is 0 Å². The minimum absolute atomic E-state index is 0.0441. The van der Waals surface area contributed by atoms with Crippen molar-refractivity contribution in [3.8, 4) is 0 Å². The molecule has 4 atom stereocenters. The van der Waals surface area contributed by atoms with Crippen LogP contribution in [0.3, 0.4) is 0 Å². The summed E-state index contributed by atoms with van der Waals surface area (Å²) in [5.41, 5.74) is 6.04. The molecule has 0 saturated carbocycles. The number of quaternary nitrogens is 1. The van der Waals surface area contributed by atoms with Crippen molar-refractivity contribution < 1.29 is 9.28 Å². The van der Waals surface area contributed by atoms with Gasteiger partial charge in [0.2, 0.25) is 0 Å². The Labute approximate surface area is 147 Å². The molecule has 4 heteroatoms. The number of rotatable bonds is 2. The number of hydrogen-bond donors (Lipinski definition) is 1. The third-order valence-corrected chi connectivity index (χ3v) is 7.57. The van der Waals surface area contributed by atoms with Crippen LogP contribution in [0.25, 0.3) is 0 Å². The maximum atomic E-state index is 12.1. The molecule has 1 spiro atoms. The topological polar surface area (TPSA) is 29.1 Å². The van der Waals surface area contributed by atoms with Gasteiger partial charge in [-0.2, -0.15) is 0 Å². The molecule has 124 valence electrons. The Morgan fingerprint density at radius 1 is 1.42 bits per heavy atom. The maximum absolute atomic E-state index is 12.1. The lowest BCUT2D eigenvalue weighted by atomic mass is 9.61. The van der Waals surface area contributed by atoms with Crippen LogP contribution >= 0.6 is 11.6 Å². The van der Waals surface area contributed by atoms with Crippen molar-refractivity contribution >= 4 is 23.6 Å². The molecule has 2 bridgehead atoms. The quantitative estimate of drug-likeness (QED) is 0.293. The molecule has 1 N–H and O–H groups in total. The molecule has 1 aromatic rings. The van der Waals surface area contributed by atoms with Crippen molar-refractivity contribution in [1.82, 2.24) is 0 Å². The SMILES string of the molecule is C/C=C1\C[N+]2(CCl)CCC34C(=C(C=O)[C@H]1C[C@@H]32)Nc1ccccc14. The lowest BCUT2D eigenvalue weighted by Crippen LogP contribution is -2.62. The van der Waals surface area contributed by atoms with Crippen LogP contribution in [0.2, 0.25) is 0 Å². The van der Waals surface area contributed by atoms with Crippen LogP contribution < -0.4 is 5.32 Å². The van der Waals surface area contributed by atoms with Gasteiger partial charge in [0.25, 0.3) is 0 Å². The van der Waals surface area contributed by atoms with Gasteiger partial charge in [0, 0.05) is 35.7 Å². The largest absolute Gasteiger partial charge is 0.357 e. The molecular formula is C20H22ClN2O+. The number of fused-ring (bicyclic) bond motifs is 2. The number of para-hydroxylation sites is 1. The van der Waals surface area contributed by atoms with E-state index >= 15 is 0 Å². The average molecular weight is 342 g/mol. The number of nitrogens with one attached hydrogen (secondary N) is 1. The van der Waals surface area contributed by atoms with Gasteiger partial charge in [-0.05, 0) is 24.1 Å². The molecule has 4 aliphatic rings.